The summed E-state index contributed by atoms with van der Waals surface area (Å²) in [4.78, 5) is 13.0. The van der Waals surface area contributed by atoms with Crippen LogP contribution in [0.4, 0.5) is 5.82 Å². The molecular formula is C26H20ClN3O6S. The number of benzene rings is 3. The van der Waals surface area contributed by atoms with Crippen LogP contribution in [0.3, 0.4) is 0 Å². The summed E-state index contributed by atoms with van der Waals surface area (Å²) in [5, 5.41) is 4.66. The second-order valence-electron chi connectivity index (χ2n) is 7.95. The van der Waals surface area contributed by atoms with Gasteiger partial charge in [0, 0.05) is 28.1 Å². The van der Waals surface area contributed by atoms with Gasteiger partial charge in [0.1, 0.15) is 17.8 Å². The van der Waals surface area contributed by atoms with E-state index in [2.05, 4.69) is 14.4 Å². The van der Waals surface area contributed by atoms with Crippen LogP contribution in [-0.4, -0.2) is 32.4 Å². The highest BCUT2D eigenvalue weighted by molar-refractivity contribution is 7.92. The molecule has 5 aromatic rings. The number of methoxy groups -OCH3 is 2. The minimum Gasteiger partial charge on any atom is -0.496 e. The average molecular weight is 538 g/mol. The molecule has 0 radical (unpaired) electrons. The summed E-state index contributed by atoms with van der Waals surface area (Å²) in [6.07, 6.45) is 1.26. The molecular weight excluding hydrogens is 518 g/mol. The Labute approximate surface area is 216 Å². The van der Waals surface area contributed by atoms with Gasteiger partial charge in [-0.25, -0.2) is 8.42 Å². The van der Waals surface area contributed by atoms with Gasteiger partial charge in [0.2, 0.25) is 0 Å². The number of pyridine rings is 1. The lowest BCUT2D eigenvalue weighted by molar-refractivity contribution is 0.412. The fourth-order valence-electron chi connectivity index (χ4n) is 4.04. The van der Waals surface area contributed by atoms with Crippen LogP contribution in [0.25, 0.3) is 27.7 Å². The number of sulfonamides is 1. The Bertz CT molecular complexity index is 1780. The molecule has 0 saturated carbocycles. The van der Waals surface area contributed by atoms with Gasteiger partial charge in [-0.05, 0) is 60.2 Å². The van der Waals surface area contributed by atoms with Crippen LogP contribution < -0.4 is 19.8 Å². The third-order valence-corrected chi connectivity index (χ3v) is 7.33. The van der Waals surface area contributed by atoms with E-state index in [-0.39, 0.29) is 16.3 Å². The van der Waals surface area contributed by atoms with Crippen LogP contribution in [0.15, 0.2) is 93.3 Å². The number of hydrogen-bond acceptors (Lipinski definition) is 7. The van der Waals surface area contributed by atoms with E-state index < -0.39 is 10.0 Å². The summed E-state index contributed by atoms with van der Waals surface area (Å²) >= 11 is 6.21. The van der Waals surface area contributed by atoms with E-state index in [0.29, 0.717) is 33.1 Å². The van der Waals surface area contributed by atoms with E-state index in [1.807, 2.05) is 6.07 Å². The minimum atomic E-state index is -3.93. The van der Waals surface area contributed by atoms with Gasteiger partial charge in [-0.1, -0.05) is 22.8 Å². The highest BCUT2D eigenvalue weighted by Gasteiger charge is 2.19. The Morgan fingerprint density at radius 1 is 0.919 bits per heavy atom. The van der Waals surface area contributed by atoms with Crippen LogP contribution in [0, 0.1) is 0 Å². The van der Waals surface area contributed by atoms with Gasteiger partial charge in [-0.3, -0.25) is 14.1 Å². The molecule has 188 valence electrons. The van der Waals surface area contributed by atoms with Gasteiger partial charge in [0.05, 0.1) is 30.3 Å². The molecule has 37 heavy (non-hydrogen) atoms. The standard InChI is InChI=1S/C26H20ClN3O6S/c1-34-23-9-5-18(27)15-20(23)16-3-7-22(24(14-16)35-2)30-21-8-6-19(13-17(21)4-10-26(30)31)37(32,33)29-25-11-12-36-28-25/h3-15H,1-2H3,(H,28,29). The zero-order valence-corrected chi connectivity index (χ0v) is 21.2. The summed E-state index contributed by atoms with van der Waals surface area (Å²) in [5.41, 5.74) is 2.22. The first kappa shape index (κ1) is 24.4. The van der Waals surface area contributed by atoms with Crippen molar-refractivity contribution in [3.63, 3.8) is 0 Å². The first-order chi connectivity index (χ1) is 17.8. The largest absolute Gasteiger partial charge is 0.496 e. The summed E-state index contributed by atoms with van der Waals surface area (Å²) in [7, 11) is -0.848. The number of halogens is 1. The lowest BCUT2D eigenvalue weighted by Gasteiger charge is -2.16. The molecule has 0 saturated heterocycles. The number of aromatic nitrogens is 2. The summed E-state index contributed by atoms with van der Waals surface area (Å²) in [6.45, 7) is 0. The van der Waals surface area contributed by atoms with E-state index in [1.54, 1.807) is 49.6 Å². The molecule has 0 amide bonds. The second kappa shape index (κ2) is 9.64. The number of fused-ring (bicyclic) bond motifs is 1. The maximum atomic E-state index is 13.0. The van der Waals surface area contributed by atoms with Crippen molar-refractivity contribution < 1.29 is 22.4 Å². The maximum absolute atomic E-state index is 13.0. The summed E-state index contributed by atoms with van der Waals surface area (Å²) in [6, 6.07) is 19.5. The average Bonchev–Trinajstić information content (AvgIpc) is 3.40. The molecule has 0 unspecified atom stereocenters. The SMILES string of the molecule is COc1ccc(Cl)cc1-c1ccc(-n2c(=O)ccc3cc(S(=O)(=O)Nc4ccon4)ccc32)c(OC)c1. The van der Waals surface area contributed by atoms with Gasteiger partial charge >= 0.3 is 0 Å². The molecule has 0 aliphatic rings. The van der Waals surface area contributed by atoms with Crippen LogP contribution >= 0.6 is 11.6 Å². The molecule has 0 fully saturated rings. The van der Waals surface area contributed by atoms with Crippen LogP contribution in [0.5, 0.6) is 11.5 Å². The molecule has 0 aliphatic heterocycles. The van der Waals surface area contributed by atoms with Crippen molar-refractivity contribution in [2.24, 2.45) is 0 Å². The Hall–Kier alpha value is -4.28. The lowest BCUT2D eigenvalue weighted by atomic mass is 10.0. The van der Waals surface area contributed by atoms with Gasteiger partial charge in [-0.15, -0.1) is 0 Å². The molecule has 0 bridgehead atoms. The zero-order chi connectivity index (χ0) is 26.2. The van der Waals surface area contributed by atoms with Crippen molar-refractivity contribution in [3.8, 4) is 28.3 Å². The van der Waals surface area contributed by atoms with Crippen molar-refractivity contribution in [3.05, 3.63) is 94.4 Å². The number of nitrogens with zero attached hydrogens (tertiary/aromatic N) is 2. The summed E-state index contributed by atoms with van der Waals surface area (Å²) in [5.74, 6) is 1.12. The Morgan fingerprint density at radius 2 is 1.73 bits per heavy atom. The monoisotopic (exact) mass is 537 g/mol. The van der Waals surface area contributed by atoms with Gasteiger partial charge in [-0.2, -0.15) is 0 Å². The lowest BCUT2D eigenvalue weighted by Crippen LogP contribution is -2.18. The molecule has 0 aliphatic carbocycles. The third-order valence-electron chi connectivity index (χ3n) is 5.75. The molecule has 11 heteroatoms. The highest BCUT2D eigenvalue weighted by atomic mass is 35.5. The maximum Gasteiger partial charge on any atom is 0.263 e. The van der Waals surface area contributed by atoms with E-state index in [0.717, 1.165) is 11.1 Å². The first-order valence-electron chi connectivity index (χ1n) is 10.9. The predicted octanol–water partition coefficient (Wildman–Crippen LogP) is 5.12. The topological polar surface area (TPSA) is 113 Å². The fourth-order valence-corrected chi connectivity index (χ4v) is 5.24. The van der Waals surface area contributed by atoms with Crippen molar-refractivity contribution >= 4 is 38.3 Å². The van der Waals surface area contributed by atoms with Crippen molar-refractivity contribution in [1.29, 1.82) is 0 Å². The smallest absolute Gasteiger partial charge is 0.263 e. The third kappa shape index (κ3) is 4.64. The first-order valence-corrected chi connectivity index (χ1v) is 12.8. The Kier molecular flexibility index (Phi) is 6.36. The molecule has 1 N–H and O–H groups in total. The minimum absolute atomic E-state index is 0.00330. The van der Waals surface area contributed by atoms with E-state index >= 15 is 0 Å². The van der Waals surface area contributed by atoms with Crippen molar-refractivity contribution in [2.75, 3.05) is 18.9 Å². The summed E-state index contributed by atoms with van der Waals surface area (Å²) < 4.78 is 45.2. The van der Waals surface area contributed by atoms with E-state index in [1.165, 1.54) is 42.2 Å². The highest BCUT2D eigenvalue weighted by Crippen LogP contribution is 2.36. The van der Waals surface area contributed by atoms with E-state index in [9.17, 15) is 13.2 Å². The molecule has 3 aromatic carbocycles. The van der Waals surface area contributed by atoms with Gasteiger partial charge < -0.3 is 14.0 Å². The molecule has 2 aromatic heterocycles. The normalized spacial score (nSPS) is 11.4. The predicted molar refractivity (Wildman–Crippen MR) is 140 cm³/mol. The number of ether oxygens (including phenoxy) is 2. The van der Waals surface area contributed by atoms with Gasteiger partial charge in [0.25, 0.3) is 15.6 Å². The second-order valence-corrected chi connectivity index (χ2v) is 10.1. The Balaban J connectivity index is 1.62. The molecule has 9 nitrogen and oxygen atoms in total. The fraction of sp³-hybridized carbons (Fsp3) is 0.0769. The van der Waals surface area contributed by atoms with Gasteiger partial charge in [0.15, 0.2) is 5.82 Å². The molecule has 2 heterocycles. The number of hydrogen-bond donors (Lipinski definition) is 1. The van der Waals surface area contributed by atoms with Crippen molar-refractivity contribution in [1.82, 2.24) is 9.72 Å². The van der Waals surface area contributed by atoms with Crippen LogP contribution in [0.2, 0.25) is 5.02 Å². The van der Waals surface area contributed by atoms with Crippen LogP contribution in [0.1, 0.15) is 0 Å². The van der Waals surface area contributed by atoms with Crippen LogP contribution in [-0.2, 0) is 10.0 Å². The number of anilines is 1. The molecule has 0 spiro atoms. The zero-order valence-electron chi connectivity index (χ0n) is 19.6. The molecule has 0 atom stereocenters. The number of nitrogens with one attached hydrogen (secondary N) is 1. The number of rotatable bonds is 7. The van der Waals surface area contributed by atoms with E-state index in [4.69, 9.17) is 21.1 Å². The van der Waals surface area contributed by atoms with Crippen molar-refractivity contribution in [2.45, 2.75) is 4.90 Å². The molecule has 5 rings (SSSR count). The Morgan fingerprint density at radius 3 is 2.46 bits per heavy atom. The quantitative estimate of drug-likeness (QED) is 0.306.